The summed E-state index contributed by atoms with van der Waals surface area (Å²) in [4.78, 5) is 0. The topological polar surface area (TPSA) is 102 Å². The van der Waals surface area contributed by atoms with Gasteiger partial charge < -0.3 is 38.6 Å². The fourth-order valence-corrected chi connectivity index (χ4v) is 1.74. The van der Waals surface area contributed by atoms with Crippen LogP contribution in [-0.4, -0.2) is 92.5 Å². The fraction of sp³-hybridized carbons (Fsp3) is 1.00. The minimum atomic E-state index is -0.216. The van der Waals surface area contributed by atoms with Gasteiger partial charge in [0.2, 0.25) is 0 Å². The Morgan fingerprint density at radius 2 is 0.667 bits per heavy atom. The summed E-state index contributed by atoms with van der Waals surface area (Å²) in [5, 5.41) is 20.3. The Labute approximate surface area is 208 Å². The molecule has 8 nitrogen and oxygen atoms in total. The van der Waals surface area contributed by atoms with E-state index in [-0.39, 0.29) is 78.9 Å². The smallest absolute Gasteiger partial charge is 0.854 e. The van der Waals surface area contributed by atoms with Crippen molar-refractivity contribution in [2.24, 2.45) is 0 Å². The first-order chi connectivity index (χ1) is 12.4. The molecule has 0 aromatic carbocycles. The van der Waals surface area contributed by atoms with Crippen LogP contribution in [0.4, 0.5) is 0 Å². The quantitative estimate of drug-likeness (QED) is 0.128. The summed E-state index contributed by atoms with van der Waals surface area (Å²) >= 11 is 0. The van der Waals surface area contributed by atoms with Gasteiger partial charge in [-0.15, -0.1) is 13.2 Å². The predicted octanol–water partition coefficient (Wildman–Crippen LogP) is -7.02. The van der Waals surface area contributed by atoms with Gasteiger partial charge in [-0.25, -0.2) is 0 Å². The third-order valence-corrected chi connectivity index (χ3v) is 3.02. The summed E-state index contributed by atoms with van der Waals surface area (Å²) in [6.07, 6.45) is 2.60. The molecule has 0 saturated heterocycles. The zero-order chi connectivity index (χ0) is 18.3. The van der Waals surface area contributed by atoms with Crippen molar-refractivity contribution in [2.45, 2.75) is 19.3 Å². The van der Waals surface area contributed by atoms with Gasteiger partial charge in [-0.2, -0.15) is 0 Å². The normalized spacial score (nSPS) is 10.4. The number of hydrogen-bond acceptors (Lipinski definition) is 8. The van der Waals surface area contributed by atoms with Crippen LogP contribution in [0.1, 0.15) is 19.3 Å². The number of unbranched alkanes of at least 4 members (excludes halogenated alkanes) is 2. The molecular weight excluding hydrogens is 378 g/mol. The molecule has 0 radical (unpaired) electrons. The third kappa shape index (κ3) is 32.6. The number of rotatable bonds is 22. The van der Waals surface area contributed by atoms with Crippen molar-refractivity contribution in [1.29, 1.82) is 0 Å². The van der Waals surface area contributed by atoms with E-state index in [0.29, 0.717) is 72.7 Å². The molecule has 0 aliphatic rings. The van der Waals surface area contributed by atoms with Gasteiger partial charge in [-0.1, -0.05) is 12.8 Å². The number of ether oxygens (including phenoxy) is 6. The van der Waals surface area contributed by atoms with Crippen molar-refractivity contribution in [1.82, 2.24) is 0 Å². The SMILES string of the molecule is [Na+].[Na+].[O-]CCCCCOCCOCCOCCOCCOCCOCC[O-]. The molecule has 0 N–H and O–H groups in total. The summed E-state index contributed by atoms with van der Waals surface area (Å²) < 4.78 is 31.7. The first kappa shape index (κ1) is 33.3. The van der Waals surface area contributed by atoms with Crippen molar-refractivity contribution in [2.75, 3.05) is 92.5 Å². The summed E-state index contributed by atoms with van der Waals surface area (Å²) in [7, 11) is 0. The molecule has 0 atom stereocenters. The largest absolute Gasteiger partial charge is 1.00 e. The van der Waals surface area contributed by atoms with E-state index in [1.54, 1.807) is 0 Å². The molecule has 0 rings (SSSR count). The Hall–Kier alpha value is 1.68. The van der Waals surface area contributed by atoms with E-state index in [9.17, 15) is 10.2 Å². The van der Waals surface area contributed by atoms with Crippen LogP contribution in [0.25, 0.3) is 0 Å². The monoisotopic (exact) mass is 412 g/mol. The predicted molar refractivity (Wildman–Crippen MR) is 88.5 cm³/mol. The van der Waals surface area contributed by atoms with Crippen LogP contribution in [0.15, 0.2) is 0 Å². The van der Waals surface area contributed by atoms with Crippen LogP contribution in [0.5, 0.6) is 0 Å². The second kappa shape index (κ2) is 32.3. The van der Waals surface area contributed by atoms with E-state index >= 15 is 0 Å². The molecule has 0 fully saturated rings. The van der Waals surface area contributed by atoms with E-state index in [4.69, 9.17) is 28.4 Å². The van der Waals surface area contributed by atoms with Crippen LogP contribution in [0.3, 0.4) is 0 Å². The van der Waals surface area contributed by atoms with Gasteiger partial charge in [0.25, 0.3) is 0 Å². The van der Waals surface area contributed by atoms with Crippen molar-refractivity contribution < 1.29 is 97.7 Å². The average molecular weight is 412 g/mol. The second-order valence-electron chi connectivity index (χ2n) is 5.14. The zero-order valence-electron chi connectivity index (χ0n) is 17.3. The van der Waals surface area contributed by atoms with E-state index < -0.39 is 0 Å². The molecule has 0 bridgehead atoms. The van der Waals surface area contributed by atoms with Gasteiger partial charge >= 0.3 is 59.1 Å². The van der Waals surface area contributed by atoms with Gasteiger partial charge in [0, 0.05) is 13.2 Å². The fourth-order valence-electron chi connectivity index (χ4n) is 1.74. The maximum Gasteiger partial charge on any atom is 1.00 e. The summed E-state index contributed by atoms with van der Waals surface area (Å²) in [5.41, 5.74) is 0. The zero-order valence-corrected chi connectivity index (χ0v) is 21.3. The van der Waals surface area contributed by atoms with Crippen LogP contribution < -0.4 is 69.3 Å². The standard InChI is InChI=1S/C17H34O8.2Na/c18-4-2-1-3-6-20-8-10-22-12-14-24-16-17-25-15-13-23-11-9-21-7-5-19;;/h1-17H2;;/q-2;2*+1. The molecule has 0 unspecified atom stereocenters. The Balaban J connectivity index is -0.00000288. The van der Waals surface area contributed by atoms with Gasteiger partial charge in [0.1, 0.15) is 0 Å². The van der Waals surface area contributed by atoms with Gasteiger partial charge in [-0.3, -0.25) is 0 Å². The molecule has 0 spiro atoms. The molecular formula is C17H34Na2O8. The second-order valence-corrected chi connectivity index (χ2v) is 5.14. The van der Waals surface area contributed by atoms with Crippen LogP contribution >= 0.6 is 0 Å². The average Bonchev–Trinajstić information content (AvgIpc) is 2.63. The minimum Gasteiger partial charge on any atom is -0.854 e. The molecule has 0 heterocycles. The molecule has 152 valence electrons. The van der Waals surface area contributed by atoms with E-state index in [1.807, 2.05) is 0 Å². The maximum absolute atomic E-state index is 10.2. The Bertz CT molecular complexity index is 219. The minimum absolute atomic E-state index is 0. The molecule has 0 aromatic rings. The Morgan fingerprint density at radius 3 is 1.00 bits per heavy atom. The van der Waals surface area contributed by atoms with E-state index in [2.05, 4.69) is 0 Å². The molecule has 0 amide bonds. The molecule has 27 heavy (non-hydrogen) atoms. The van der Waals surface area contributed by atoms with Crippen molar-refractivity contribution in [3.05, 3.63) is 0 Å². The van der Waals surface area contributed by atoms with Gasteiger partial charge in [0.05, 0.1) is 66.1 Å². The summed E-state index contributed by atoms with van der Waals surface area (Å²) in [5.74, 6) is 0. The van der Waals surface area contributed by atoms with Crippen molar-refractivity contribution in [3.8, 4) is 0 Å². The van der Waals surface area contributed by atoms with Crippen LogP contribution in [-0.2, 0) is 28.4 Å². The van der Waals surface area contributed by atoms with E-state index in [1.165, 1.54) is 0 Å². The van der Waals surface area contributed by atoms with Gasteiger partial charge in [-0.05, 0) is 6.42 Å². The number of hydrogen-bond donors (Lipinski definition) is 0. The Kier molecular flexibility index (Phi) is 39.9. The molecule has 0 saturated carbocycles. The van der Waals surface area contributed by atoms with Crippen molar-refractivity contribution in [3.63, 3.8) is 0 Å². The summed E-state index contributed by atoms with van der Waals surface area (Å²) in [6, 6.07) is 0. The molecule has 0 aromatic heterocycles. The first-order valence-electron chi connectivity index (χ1n) is 9.04. The maximum atomic E-state index is 10.2. The van der Waals surface area contributed by atoms with Gasteiger partial charge in [0.15, 0.2) is 0 Å². The molecule has 0 aliphatic carbocycles. The van der Waals surface area contributed by atoms with Crippen molar-refractivity contribution >= 4 is 0 Å². The molecule has 0 aliphatic heterocycles. The first-order valence-corrected chi connectivity index (χ1v) is 9.04. The summed E-state index contributed by atoms with van der Waals surface area (Å²) in [6.45, 7) is 5.85. The Morgan fingerprint density at radius 1 is 0.333 bits per heavy atom. The molecule has 10 heteroatoms. The third-order valence-electron chi connectivity index (χ3n) is 3.02. The van der Waals surface area contributed by atoms with E-state index in [0.717, 1.165) is 19.3 Å². The van der Waals surface area contributed by atoms with Crippen LogP contribution in [0.2, 0.25) is 0 Å². The van der Waals surface area contributed by atoms with Crippen LogP contribution in [0, 0.1) is 0 Å².